The zero-order chi connectivity index (χ0) is 22.6. The van der Waals surface area contributed by atoms with Gasteiger partial charge in [-0.15, -0.1) is 0 Å². The number of nitrogens with zero attached hydrogens (tertiary/aromatic N) is 3. The maximum atomic E-state index is 13.5. The number of carbonyl (C=O) groups excluding carboxylic acids is 1. The van der Waals surface area contributed by atoms with E-state index in [9.17, 15) is 4.79 Å². The van der Waals surface area contributed by atoms with Crippen LogP contribution in [0.3, 0.4) is 0 Å². The van der Waals surface area contributed by atoms with Gasteiger partial charge >= 0.3 is 0 Å². The number of halogens is 1. The molecule has 0 spiro atoms. The van der Waals surface area contributed by atoms with Gasteiger partial charge in [-0.3, -0.25) is 9.69 Å². The first-order chi connectivity index (χ1) is 16.2. The summed E-state index contributed by atoms with van der Waals surface area (Å²) in [5.74, 6) is -0.0397. The van der Waals surface area contributed by atoms with Crippen LogP contribution in [0.4, 0.5) is 5.69 Å². The van der Waals surface area contributed by atoms with E-state index in [0.29, 0.717) is 16.6 Å². The van der Waals surface area contributed by atoms with Gasteiger partial charge < -0.3 is 4.57 Å². The zero-order valence-corrected chi connectivity index (χ0v) is 20.0. The van der Waals surface area contributed by atoms with Gasteiger partial charge in [0.1, 0.15) is 0 Å². The van der Waals surface area contributed by atoms with Crippen LogP contribution in [0.5, 0.6) is 0 Å². The summed E-state index contributed by atoms with van der Waals surface area (Å²) >= 11 is 4.90. The first-order valence-corrected chi connectivity index (χ1v) is 12.1. The molecule has 162 valence electrons. The van der Waals surface area contributed by atoms with Crippen molar-refractivity contribution in [2.24, 2.45) is 4.99 Å². The van der Waals surface area contributed by atoms with Gasteiger partial charge in [-0.05, 0) is 71.9 Å². The molecule has 0 N–H and O–H groups in total. The fraction of sp³-hybridized carbons (Fsp3) is 0.0370. The van der Waals surface area contributed by atoms with Crippen LogP contribution < -0.4 is 0 Å². The number of rotatable bonds is 5. The summed E-state index contributed by atoms with van der Waals surface area (Å²) in [4.78, 5) is 20.7. The number of aliphatic imine (C=N–C) groups is 1. The van der Waals surface area contributed by atoms with E-state index in [2.05, 4.69) is 20.5 Å². The van der Waals surface area contributed by atoms with Gasteiger partial charge in [-0.1, -0.05) is 64.5 Å². The third kappa shape index (κ3) is 4.87. The lowest BCUT2D eigenvalue weighted by Gasteiger charge is -2.15. The first-order valence-electron chi connectivity index (χ1n) is 10.5. The van der Waals surface area contributed by atoms with E-state index < -0.39 is 0 Å². The number of hydrogen-bond acceptors (Lipinski definition) is 3. The van der Waals surface area contributed by atoms with Gasteiger partial charge in [0.25, 0.3) is 5.91 Å². The number of benzene rings is 3. The Kier molecular flexibility index (Phi) is 6.28. The molecule has 0 unspecified atom stereocenters. The molecule has 1 fully saturated rings. The Bertz CT molecular complexity index is 1330. The summed E-state index contributed by atoms with van der Waals surface area (Å²) in [6.45, 7) is 0.476. The topological polar surface area (TPSA) is 37.6 Å². The molecule has 3 aromatic carbocycles. The molecule has 1 saturated heterocycles. The molecule has 0 atom stereocenters. The third-order valence-electron chi connectivity index (χ3n) is 5.22. The van der Waals surface area contributed by atoms with E-state index in [1.54, 1.807) is 4.90 Å². The summed E-state index contributed by atoms with van der Waals surface area (Å²) in [6, 6.07) is 31.8. The summed E-state index contributed by atoms with van der Waals surface area (Å²) in [5.41, 5.74) is 3.86. The van der Waals surface area contributed by atoms with Gasteiger partial charge in [0.15, 0.2) is 5.17 Å². The molecule has 4 aromatic rings. The van der Waals surface area contributed by atoms with Crippen LogP contribution >= 0.6 is 27.7 Å². The average molecular weight is 514 g/mol. The Morgan fingerprint density at radius 1 is 0.848 bits per heavy atom. The fourth-order valence-corrected chi connectivity index (χ4v) is 4.84. The summed E-state index contributed by atoms with van der Waals surface area (Å²) in [7, 11) is 0. The van der Waals surface area contributed by atoms with E-state index in [1.165, 1.54) is 11.8 Å². The van der Waals surface area contributed by atoms with Crippen LogP contribution in [0.2, 0.25) is 0 Å². The van der Waals surface area contributed by atoms with Gasteiger partial charge in [0, 0.05) is 22.1 Å². The van der Waals surface area contributed by atoms with Crippen LogP contribution in [0.15, 0.2) is 118 Å². The van der Waals surface area contributed by atoms with Gasteiger partial charge in [0.2, 0.25) is 0 Å². The molecule has 0 saturated carbocycles. The second-order valence-corrected chi connectivity index (χ2v) is 9.42. The van der Waals surface area contributed by atoms with E-state index in [-0.39, 0.29) is 5.91 Å². The van der Waals surface area contributed by atoms with Crippen LogP contribution in [0, 0.1) is 0 Å². The Labute approximate surface area is 205 Å². The molecule has 0 bridgehead atoms. The van der Waals surface area contributed by atoms with Crippen molar-refractivity contribution in [3.05, 3.63) is 124 Å². The summed E-state index contributed by atoms with van der Waals surface area (Å²) in [5, 5.41) is 0.683. The molecule has 4 nitrogen and oxygen atoms in total. The number of thioether (sulfide) groups is 1. The van der Waals surface area contributed by atoms with Crippen LogP contribution in [0.25, 0.3) is 11.8 Å². The molecular weight excluding hydrogens is 494 g/mol. The van der Waals surface area contributed by atoms with Crippen molar-refractivity contribution in [1.82, 2.24) is 9.47 Å². The highest BCUT2D eigenvalue weighted by atomic mass is 79.9. The molecule has 6 heteroatoms. The fourth-order valence-electron chi connectivity index (χ4n) is 3.59. The van der Waals surface area contributed by atoms with Crippen molar-refractivity contribution in [1.29, 1.82) is 0 Å². The number of para-hydroxylation sites is 1. The monoisotopic (exact) mass is 513 g/mol. The van der Waals surface area contributed by atoms with Crippen LogP contribution in [-0.2, 0) is 11.3 Å². The van der Waals surface area contributed by atoms with Crippen LogP contribution in [-0.4, -0.2) is 20.5 Å². The highest BCUT2D eigenvalue weighted by Gasteiger charge is 2.33. The van der Waals surface area contributed by atoms with Gasteiger partial charge in [0.05, 0.1) is 17.1 Å². The van der Waals surface area contributed by atoms with Crippen LogP contribution in [0.1, 0.15) is 11.3 Å². The van der Waals surface area contributed by atoms with Crippen molar-refractivity contribution in [2.75, 3.05) is 0 Å². The molecule has 5 rings (SSSR count). The molecule has 33 heavy (non-hydrogen) atoms. The predicted octanol–water partition coefficient (Wildman–Crippen LogP) is 7.04. The minimum atomic E-state index is -0.0397. The lowest BCUT2D eigenvalue weighted by atomic mass is 10.2. The Morgan fingerprint density at radius 3 is 2.27 bits per heavy atom. The predicted molar refractivity (Wildman–Crippen MR) is 140 cm³/mol. The van der Waals surface area contributed by atoms with Crippen molar-refractivity contribution in [3.63, 3.8) is 0 Å². The quantitative estimate of drug-likeness (QED) is 0.268. The minimum Gasteiger partial charge on any atom is -0.317 e. The minimum absolute atomic E-state index is 0.0397. The van der Waals surface area contributed by atoms with Gasteiger partial charge in [-0.25, -0.2) is 4.99 Å². The Balaban J connectivity index is 1.51. The van der Waals surface area contributed by atoms with Crippen molar-refractivity contribution >= 4 is 50.5 Å². The standard InChI is InChI=1S/C27H20BrN3OS/c28-21-13-15-23(16-14-21)30-17-7-12-24(30)18-25-26(32)31(19-20-8-3-1-4-9-20)27(33-25)29-22-10-5-2-6-11-22/h1-18H,19H2/b25-18-,29-27?. The lowest BCUT2D eigenvalue weighted by molar-refractivity contribution is -0.122. The average Bonchev–Trinajstić information content (AvgIpc) is 3.41. The Morgan fingerprint density at radius 2 is 1.55 bits per heavy atom. The van der Waals surface area contributed by atoms with E-state index in [1.807, 2.05) is 109 Å². The number of aromatic nitrogens is 1. The number of carbonyl (C=O) groups is 1. The van der Waals surface area contributed by atoms with Gasteiger partial charge in [-0.2, -0.15) is 0 Å². The molecule has 1 aliphatic heterocycles. The molecule has 1 amide bonds. The van der Waals surface area contributed by atoms with E-state index in [4.69, 9.17) is 4.99 Å². The van der Waals surface area contributed by atoms with E-state index in [0.717, 1.165) is 27.1 Å². The molecule has 1 aliphatic rings. The maximum Gasteiger partial charge on any atom is 0.267 e. The lowest BCUT2D eigenvalue weighted by Crippen LogP contribution is -2.28. The number of amides is 1. The third-order valence-corrected chi connectivity index (χ3v) is 6.75. The van der Waals surface area contributed by atoms with E-state index >= 15 is 0 Å². The smallest absolute Gasteiger partial charge is 0.267 e. The highest BCUT2D eigenvalue weighted by molar-refractivity contribution is 9.10. The van der Waals surface area contributed by atoms with Crippen molar-refractivity contribution in [2.45, 2.75) is 6.54 Å². The molecular formula is C27H20BrN3OS. The largest absolute Gasteiger partial charge is 0.317 e. The summed E-state index contributed by atoms with van der Waals surface area (Å²) in [6.07, 6.45) is 3.95. The summed E-state index contributed by atoms with van der Waals surface area (Å²) < 4.78 is 3.10. The molecule has 0 radical (unpaired) electrons. The first kappa shape index (κ1) is 21.5. The molecule has 1 aromatic heterocycles. The zero-order valence-electron chi connectivity index (χ0n) is 17.6. The molecule has 2 heterocycles. The highest BCUT2D eigenvalue weighted by Crippen LogP contribution is 2.35. The normalized spacial score (nSPS) is 16.2. The second-order valence-electron chi connectivity index (χ2n) is 7.50. The maximum absolute atomic E-state index is 13.5. The number of amidine groups is 1. The Hall–Kier alpha value is -3.35. The van der Waals surface area contributed by atoms with Crippen molar-refractivity contribution < 1.29 is 4.79 Å². The second kappa shape index (κ2) is 9.65. The van der Waals surface area contributed by atoms with Crippen molar-refractivity contribution in [3.8, 4) is 5.69 Å². The molecule has 0 aliphatic carbocycles. The number of hydrogen-bond donors (Lipinski definition) is 0. The SMILES string of the molecule is O=C1/C(=C/c2cccn2-c2ccc(Br)cc2)SC(=Nc2ccccc2)N1Cc1ccccc1.